The second-order valence-electron chi connectivity index (χ2n) is 7.54. The number of benzene rings is 1. The minimum Gasteiger partial charge on any atom is -0.349 e. The number of nitrogens with zero attached hydrogens (tertiary/aromatic N) is 1. The van der Waals surface area contributed by atoms with Gasteiger partial charge < -0.3 is 10.2 Å². The average Bonchev–Trinajstić information content (AvgIpc) is 3.34. The molecule has 4 nitrogen and oxygen atoms in total. The molecule has 1 atom stereocenters. The van der Waals surface area contributed by atoms with Gasteiger partial charge in [0.15, 0.2) is 0 Å². The van der Waals surface area contributed by atoms with Gasteiger partial charge in [0.25, 0.3) is 5.91 Å². The molecule has 0 saturated heterocycles. The Morgan fingerprint density at radius 1 is 0.964 bits per heavy atom. The van der Waals surface area contributed by atoms with Gasteiger partial charge in [0.1, 0.15) is 6.04 Å². The van der Waals surface area contributed by atoms with Crippen molar-refractivity contribution < 1.29 is 9.59 Å². The highest BCUT2D eigenvalue weighted by Gasteiger charge is 2.34. The van der Waals surface area contributed by atoms with Crippen LogP contribution in [0, 0.1) is 0 Å². The lowest BCUT2D eigenvalue weighted by Gasteiger charge is -2.32. The van der Waals surface area contributed by atoms with Crippen molar-refractivity contribution in [2.24, 2.45) is 0 Å². The Kier molecular flexibility index (Phi) is 6.31. The highest BCUT2D eigenvalue weighted by molar-refractivity contribution is 7.10. The summed E-state index contributed by atoms with van der Waals surface area (Å²) in [5.41, 5.74) is 0.181. The van der Waals surface area contributed by atoms with Gasteiger partial charge in [-0.05, 0) is 55.8 Å². The monoisotopic (exact) mass is 412 g/mol. The van der Waals surface area contributed by atoms with Gasteiger partial charge >= 0.3 is 0 Å². The summed E-state index contributed by atoms with van der Waals surface area (Å²) in [4.78, 5) is 30.3. The van der Waals surface area contributed by atoms with E-state index in [1.54, 1.807) is 28.4 Å². The van der Waals surface area contributed by atoms with Gasteiger partial charge in [-0.1, -0.05) is 30.3 Å². The molecule has 28 heavy (non-hydrogen) atoms. The number of hydrogen-bond acceptors (Lipinski definition) is 4. The van der Waals surface area contributed by atoms with Gasteiger partial charge in [0, 0.05) is 20.9 Å². The number of carbonyl (C=O) groups is 2. The largest absolute Gasteiger partial charge is 0.349 e. The van der Waals surface area contributed by atoms with Crippen LogP contribution < -0.4 is 5.32 Å². The highest BCUT2D eigenvalue weighted by atomic mass is 32.1. The van der Waals surface area contributed by atoms with E-state index in [1.165, 1.54) is 11.3 Å². The van der Waals surface area contributed by atoms with Crippen LogP contribution in [0.2, 0.25) is 0 Å². The zero-order valence-electron chi connectivity index (χ0n) is 16.2. The van der Waals surface area contributed by atoms with E-state index >= 15 is 0 Å². The van der Waals surface area contributed by atoms with E-state index in [1.807, 2.05) is 74.0 Å². The summed E-state index contributed by atoms with van der Waals surface area (Å²) >= 11 is 3.07. The third-order valence-electron chi connectivity index (χ3n) is 4.06. The first-order valence-electron chi connectivity index (χ1n) is 9.09. The van der Waals surface area contributed by atoms with Crippen LogP contribution in [-0.4, -0.2) is 22.3 Å². The van der Waals surface area contributed by atoms with Crippen LogP contribution in [0.3, 0.4) is 0 Å². The Balaban J connectivity index is 2.02. The Bertz CT molecular complexity index is 898. The smallest absolute Gasteiger partial charge is 0.255 e. The normalized spacial score (nSPS) is 12.4. The van der Waals surface area contributed by atoms with Crippen molar-refractivity contribution in [3.8, 4) is 0 Å². The van der Waals surface area contributed by atoms with Crippen LogP contribution in [0.5, 0.6) is 0 Å². The second kappa shape index (κ2) is 8.71. The molecule has 0 aliphatic rings. The Labute approximate surface area is 173 Å². The predicted molar refractivity (Wildman–Crippen MR) is 116 cm³/mol. The minimum absolute atomic E-state index is 0.156. The number of hydrogen-bond donors (Lipinski definition) is 1. The van der Waals surface area contributed by atoms with E-state index in [-0.39, 0.29) is 11.8 Å². The fourth-order valence-electron chi connectivity index (χ4n) is 2.91. The first-order chi connectivity index (χ1) is 13.3. The third kappa shape index (κ3) is 5.09. The fraction of sp³-hybridized carbons (Fsp3) is 0.273. The van der Waals surface area contributed by atoms with Crippen molar-refractivity contribution in [1.29, 1.82) is 0 Å². The maximum atomic E-state index is 13.4. The number of amides is 2. The van der Waals surface area contributed by atoms with Gasteiger partial charge in [0.2, 0.25) is 5.91 Å². The van der Waals surface area contributed by atoms with E-state index in [9.17, 15) is 9.59 Å². The van der Waals surface area contributed by atoms with Crippen LogP contribution in [-0.2, 0) is 11.3 Å². The molecule has 0 aliphatic carbocycles. The molecule has 6 heteroatoms. The van der Waals surface area contributed by atoms with Gasteiger partial charge in [0.05, 0.1) is 6.54 Å². The Hall–Kier alpha value is -2.44. The molecular weight excluding hydrogens is 388 g/mol. The van der Waals surface area contributed by atoms with Gasteiger partial charge in [-0.2, -0.15) is 0 Å². The Morgan fingerprint density at radius 2 is 1.64 bits per heavy atom. The van der Waals surface area contributed by atoms with Crippen molar-refractivity contribution in [2.75, 3.05) is 0 Å². The SMILES string of the molecule is CC(C)(C)NC(=O)C(c1cccs1)N(Cc1cccs1)C(=O)c1ccccc1. The topological polar surface area (TPSA) is 49.4 Å². The molecule has 2 aromatic heterocycles. The maximum absolute atomic E-state index is 13.4. The fourth-order valence-corrected chi connectivity index (χ4v) is 4.44. The average molecular weight is 413 g/mol. The Morgan fingerprint density at radius 3 is 2.21 bits per heavy atom. The summed E-state index contributed by atoms with van der Waals surface area (Å²) in [5, 5.41) is 6.97. The quantitative estimate of drug-likeness (QED) is 0.612. The summed E-state index contributed by atoms with van der Waals surface area (Å²) in [6.07, 6.45) is 0. The van der Waals surface area contributed by atoms with E-state index in [2.05, 4.69) is 5.32 Å². The van der Waals surface area contributed by atoms with Crippen molar-refractivity contribution in [3.63, 3.8) is 0 Å². The van der Waals surface area contributed by atoms with Crippen LogP contribution in [0.15, 0.2) is 65.4 Å². The molecule has 0 fully saturated rings. The van der Waals surface area contributed by atoms with Crippen molar-refractivity contribution in [1.82, 2.24) is 10.2 Å². The lowest BCUT2D eigenvalue weighted by molar-refractivity contribution is -0.127. The van der Waals surface area contributed by atoms with E-state index in [0.717, 1.165) is 9.75 Å². The summed E-state index contributed by atoms with van der Waals surface area (Å²) in [7, 11) is 0. The van der Waals surface area contributed by atoms with Crippen molar-refractivity contribution in [3.05, 3.63) is 80.7 Å². The standard InChI is InChI=1S/C22H24N2O2S2/c1-22(2,3)23-20(25)19(18-12-8-14-28-18)24(15-17-11-7-13-27-17)21(26)16-9-5-4-6-10-16/h4-14,19H,15H2,1-3H3,(H,23,25). The lowest BCUT2D eigenvalue weighted by Crippen LogP contribution is -2.48. The molecule has 0 bridgehead atoms. The highest BCUT2D eigenvalue weighted by Crippen LogP contribution is 2.30. The van der Waals surface area contributed by atoms with E-state index in [0.29, 0.717) is 12.1 Å². The summed E-state index contributed by atoms with van der Waals surface area (Å²) in [5.74, 6) is -0.327. The molecule has 2 heterocycles. The van der Waals surface area contributed by atoms with E-state index < -0.39 is 11.6 Å². The first-order valence-corrected chi connectivity index (χ1v) is 10.8. The van der Waals surface area contributed by atoms with Crippen molar-refractivity contribution >= 4 is 34.5 Å². The molecule has 1 N–H and O–H groups in total. The zero-order chi connectivity index (χ0) is 20.1. The van der Waals surface area contributed by atoms with Gasteiger partial charge in [-0.15, -0.1) is 22.7 Å². The van der Waals surface area contributed by atoms with Crippen LogP contribution >= 0.6 is 22.7 Å². The van der Waals surface area contributed by atoms with Crippen LogP contribution in [0.1, 0.15) is 46.9 Å². The molecular formula is C22H24N2O2S2. The van der Waals surface area contributed by atoms with Crippen LogP contribution in [0.4, 0.5) is 0 Å². The maximum Gasteiger partial charge on any atom is 0.255 e. The molecule has 1 aromatic carbocycles. The molecule has 3 rings (SSSR count). The van der Waals surface area contributed by atoms with Crippen molar-refractivity contribution in [2.45, 2.75) is 38.9 Å². The number of carbonyl (C=O) groups excluding carboxylic acids is 2. The third-order valence-corrected chi connectivity index (χ3v) is 5.84. The molecule has 0 aliphatic heterocycles. The molecule has 0 spiro atoms. The molecule has 146 valence electrons. The zero-order valence-corrected chi connectivity index (χ0v) is 17.8. The summed E-state index contributed by atoms with van der Waals surface area (Å²) in [6.45, 7) is 6.21. The molecule has 0 radical (unpaired) electrons. The lowest BCUT2D eigenvalue weighted by atomic mass is 10.1. The second-order valence-corrected chi connectivity index (χ2v) is 9.55. The van der Waals surface area contributed by atoms with E-state index in [4.69, 9.17) is 0 Å². The summed E-state index contributed by atoms with van der Waals surface area (Å²) < 4.78 is 0. The molecule has 1 unspecified atom stereocenters. The first kappa shape index (κ1) is 20.3. The number of thiophene rings is 2. The molecule has 3 aromatic rings. The predicted octanol–water partition coefficient (Wildman–Crippen LogP) is 5.11. The molecule has 0 saturated carbocycles. The minimum atomic E-state index is -0.686. The molecule has 2 amide bonds. The number of rotatable bonds is 6. The number of nitrogens with one attached hydrogen (secondary N) is 1. The van der Waals surface area contributed by atoms with Crippen LogP contribution in [0.25, 0.3) is 0 Å². The summed E-state index contributed by atoms with van der Waals surface area (Å²) in [6, 6.07) is 16.2. The van der Waals surface area contributed by atoms with Gasteiger partial charge in [-0.25, -0.2) is 0 Å². The van der Waals surface area contributed by atoms with Gasteiger partial charge in [-0.3, -0.25) is 9.59 Å².